The molecule has 142 valence electrons. The van der Waals surface area contributed by atoms with Gasteiger partial charge in [0, 0.05) is 13.1 Å². The molecule has 1 aromatic heterocycles. The zero-order valence-electron chi connectivity index (χ0n) is 16.2. The van der Waals surface area contributed by atoms with Crippen LogP contribution in [0.4, 0.5) is 0 Å². The molecular formula is C23H27NO3. The first-order valence-corrected chi connectivity index (χ1v) is 9.55. The number of benzene rings is 2. The average Bonchev–Trinajstić information content (AvgIpc) is 2.64. The molecule has 0 fully saturated rings. The number of rotatable bonds is 7. The van der Waals surface area contributed by atoms with E-state index >= 15 is 0 Å². The number of nitrogens with zero attached hydrogens (tertiary/aromatic N) is 1. The summed E-state index contributed by atoms with van der Waals surface area (Å²) < 4.78 is 5.89. The molecule has 2 aromatic carbocycles. The third kappa shape index (κ3) is 4.22. The van der Waals surface area contributed by atoms with Crippen LogP contribution in [0.2, 0.25) is 0 Å². The maximum atomic E-state index is 13.0. The lowest BCUT2D eigenvalue weighted by Crippen LogP contribution is -2.28. The van der Waals surface area contributed by atoms with E-state index in [0.29, 0.717) is 34.6 Å². The molecular weight excluding hydrogens is 338 g/mol. The summed E-state index contributed by atoms with van der Waals surface area (Å²) in [7, 11) is 0. The lowest BCUT2D eigenvalue weighted by Gasteiger charge is -2.24. The molecule has 4 nitrogen and oxygen atoms in total. The Hall–Kier alpha value is -2.59. The molecule has 27 heavy (non-hydrogen) atoms. The van der Waals surface area contributed by atoms with Gasteiger partial charge in [-0.2, -0.15) is 0 Å². The summed E-state index contributed by atoms with van der Waals surface area (Å²) in [6, 6.07) is 12.8. The number of phenolic OH excluding ortho intramolecular Hbond substituents is 1. The van der Waals surface area contributed by atoms with E-state index in [1.54, 1.807) is 12.1 Å². The average molecular weight is 365 g/mol. The molecule has 0 aliphatic heterocycles. The lowest BCUT2D eigenvalue weighted by atomic mass is 10.0. The fourth-order valence-corrected chi connectivity index (χ4v) is 3.51. The highest BCUT2D eigenvalue weighted by molar-refractivity contribution is 5.85. The van der Waals surface area contributed by atoms with Crippen molar-refractivity contribution in [2.75, 3.05) is 13.1 Å². The minimum absolute atomic E-state index is 0.0744. The first kappa shape index (κ1) is 19.2. The molecule has 0 atom stereocenters. The largest absolute Gasteiger partial charge is 0.507 e. The fraction of sp³-hybridized carbons (Fsp3) is 0.348. The van der Waals surface area contributed by atoms with Crippen LogP contribution in [-0.4, -0.2) is 23.1 Å². The number of fused-ring (bicyclic) bond motifs is 1. The number of hydrogen-bond acceptors (Lipinski definition) is 4. The van der Waals surface area contributed by atoms with E-state index in [4.69, 9.17) is 4.42 Å². The van der Waals surface area contributed by atoms with Crippen molar-refractivity contribution in [3.63, 3.8) is 0 Å². The highest BCUT2D eigenvalue weighted by Gasteiger charge is 2.17. The van der Waals surface area contributed by atoms with Crippen molar-refractivity contribution in [3.05, 3.63) is 64.5 Å². The van der Waals surface area contributed by atoms with Gasteiger partial charge in [-0.25, -0.2) is 0 Å². The van der Waals surface area contributed by atoms with Gasteiger partial charge in [0.05, 0.1) is 16.5 Å². The van der Waals surface area contributed by atoms with E-state index in [9.17, 15) is 9.90 Å². The van der Waals surface area contributed by atoms with Crippen LogP contribution >= 0.6 is 0 Å². The first-order chi connectivity index (χ1) is 13.0. The zero-order valence-corrected chi connectivity index (χ0v) is 16.2. The second kappa shape index (κ2) is 8.40. The predicted octanol–water partition coefficient (Wildman–Crippen LogP) is 5.03. The normalized spacial score (nSPS) is 11.6. The van der Waals surface area contributed by atoms with E-state index in [-0.39, 0.29) is 11.2 Å². The summed E-state index contributed by atoms with van der Waals surface area (Å²) in [5.74, 6) is 0.688. The Morgan fingerprint density at radius 3 is 2.52 bits per heavy atom. The summed E-state index contributed by atoms with van der Waals surface area (Å²) in [6.07, 6.45) is 2.54. The number of phenols is 1. The molecule has 0 aliphatic carbocycles. The van der Waals surface area contributed by atoms with E-state index < -0.39 is 0 Å². The number of hydrogen-bond donors (Lipinski definition) is 1. The van der Waals surface area contributed by atoms with Gasteiger partial charge in [-0.05, 0) is 36.6 Å². The molecule has 0 saturated heterocycles. The standard InChI is InChI=1S/C23H27NO3/c1-4-12-24(13-16(2)3)14-19-21(25)11-10-18-22(26)20(15-27-23(18)19)17-8-6-5-7-9-17/h5-11,15-16,25H,4,12-14H2,1-3H3. The molecule has 3 rings (SSSR count). The third-order valence-electron chi connectivity index (χ3n) is 4.65. The zero-order chi connectivity index (χ0) is 19.4. The summed E-state index contributed by atoms with van der Waals surface area (Å²) in [5, 5.41) is 11.0. The van der Waals surface area contributed by atoms with E-state index in [0.717, 1.165) is 25.1 Å². The van der Waals surface area contributed by atoms with Crippen molar-refractivity contribution in [2.24, 2.45) is 5.92 Å². The van der Waals surface area contributed by atoms with Crippen molar-refractivity contribution in [3.8, 4) is 16.9 Å². The molecule has 0 bridgehead atoms. The van der Waals surface area contributed by atoms with Crippen LogP contribution in [0.15, 0.2) is 57.9 Å². The SMILES string of the molecule is CCCN(Cc1c(O)ccc2c(=O)c(-c3ccccc3)coc12)CC(C)C. The fourth-order valence-electron chi connectivity index (χ4n) is 3.51. The van der Waals surface area contributed by atoms with Gasteiger partial charge in [-0.1, -0.05) is 51.1 Å². The maximum Gasteiger partial charge on any atom is 0.200 e. The van der Waals surface area contributed by atoms with Gasteiger partial charge in [0.2, 0.25) is 5.43 Å². The second-order valence-electron chi connectivity index (χ2n) is 7.41. The van der Waals surface area contributed by atoms with Gasteiger partial charge in [0.1, 0.15) is 17.6 Å². The Bertz CT molecular complexity index is 961. The van der Waals surface area contributed by atoms with Crippen LogP contribution in [-0.2, 0) is 6.54 Å². The minimum atomic E-state index is -0.0744. The van der Waals surface area contributed by atoms with Gasteiger partial charge in [-0.3, -0.25) is 9.69 Å². The van der Waals surface area contributed by atoms with Crippen molar-refractivity contribution < 1.29 is 9.52 Å². The second-order valence-corrected chi connectivity index (χ2v) is 7.41. The predicted molar refractivity (Wildman–Crippen MR) is 110 cm³/mol. The maximum absolute atomic E-state index is 13.0. The molecule has 0 saturated carbocycles. The topological polar surface area (TPSA) is 53.7 Å². The highest BCUT2D eigenvalue weighted by atomic mass is 16.3. The van der Waals surface area contributed by atoms with Crippen molar-refractivity contribution in [1.82, 2.24) is 4.90 Å². The van der Waals surface area contributed by atoms with Crippen LogP contribution in [0.1, 0.15) is 32.8 Å². The quantitative estimate of drug-likeness (QED) is 0.638. The molecule has 0 spiro atoms. The molecule has 4 heteroatoms. The van der Waals surface area contributed by atoms with E-state index in [1.165, 1.54) is 6.26 Å². The van der Waals surface area contributed by atoms with Crippen molar-refractivity contribution in [1.29, 1.82) is 0 Å². The molecule has 0 radical (unpaired) electrons. The molecule has 3 aromatic rings. The van der Waals surface area contributed by atoms with Crippen LogP contribution in [0.25, 0.3) is 22.1 Å². The minimum Gasteiger partial charge on any atom is -0.507 e. The van der Waals surface area contributed by atoms with Crippen LogP contribution in [0.5, 0.6) is 5.75 Å². The monoisotopic (exact) mass is 365 g/mol. The van der Waals surface area contributed by atoms with Gasteiger partial charge < -0.3 is 9.52 Å². The van der Waals surface area contributed by atoms with E-state index in [2.05, 4.69) is 25.7 Å². The van der Waals surface area contributed by atoms with Crippen molar-refractivity contribution in [2.45, 2.75) is 33.7 Å². The molecule has 0 unspecified atom stereocenters. The van der Waals surface area contributed by atoms with E-state index in [1.807, 2.05) is 30.3 Å². The van der Waals surface area contributed by atoms with Gasteiger partial charge in [-0.15, -0.1) is 0 Å². The number of aromatic hydroxyl groups is 1. The summed E-state index contributed by atoms with van der Waals surface area (Å²) in [4.78, 5) is 15.3. The Balaban J connectivity index is 2.07. The van der Waals surface area contributed by atoms with Crippen molar-refractivity contribution >= 4 is 11.0 Å². The molecule has 1 N–H and O–H groups in total. The molecule has 1 heterocycles. The van der Waals surface area contributed by atoms with Crippen LogP contribution in [0.3, 0.4) is 0 Å². The Labute approximate surface area is 160 Å². The van der Waals surface area contributed by atoms with Crippen LogP contribution in [0, 0.1) is 5.92 Å². The Morgan fingerprint density at radius 1 is 1.11 bits per heavy atom. The Morgan fingerprint density at radius 2 is 1.85 bits per heavy atom. The lowest BCUT2D eigenvalue weighted by molar-refractivity contribution is 0.234. The van der Waals surface area contributed by atoms with Gasteiger partial charge >= 0.3 is 0 Å². The molecule has 0 aliphatic rings. The van der Waals surface area contributed by atoms with Crippen LogP contribution < -0.4 is 5.43 Å². The van der Waals surface area contributed by atoms with Gasteiger partial charge in [0.15, 0.2) is 0 Å². The molecule has 0 amide bonds. The van der Waals surface area contributed by atoms with Gasteiger partial charge in [0.25, 0.3) is 0 Å². The smallest absolute Gasteiger partial charge is 0.200 e. The highest BCUT2D eigenvalue weighted by Crippen LogP contribution is 2.29. The summed E-state index contributed by atoms with van der Waals surface area (Å²) >= 11 is 0. The summed E-state index contributed by atoms with van der Waals surface area (Å²) in [6.45, 7) is 8.91. The first-order valence-electron chi connectivity index (χ1n) is 9.55. The third-order valence-corrected chi connectivity index (χ3v) is 4.65. The Kier molecular flexibility index (Phi) is 5.97. The summed E-state index contributed by atoms with van der Waals surface area (Å²) in [5.41, 5.74) is 2.44.